The smallest absolute Gasteiger partial charge is 0.409 e. The van der Waals surface area contributed by atoms with Gasteiger partial charge in [0.05, 0.1) is 18.6 Å². The predicted molar refractivity (Wildman–Crippen MR) is 139 cm³/mol. The molecule has 2 saturated heterocycles. The van der Waals surface area contributed by atoms with Crippen LogP contribution in [0.15, 0.2) is 0 Å². The summed E-state index contributed by atoms with van der Waals surface area (Å²) in [6, 6.07) is 0. The Morgan fingerprint density at radius 2 is 1.97 bits per heavy atom. The molecule has 2 amide bonds. The van der Waals surface area contributed by atoms with Crippen molar-refractivity contribution in [2.24, 2.45) is 17.3 Å². The molecular weight excluding hydrogens is 519 g/mol. The number of β-amino-alcohol motifs (C(OH)–C–C–N with tert-alkyl or cyclic N) is 1. The van der Waals surface area contributed by atoms with E-state index in [-0.39, 0.29) is 30.0 Å². The number of aromatic nitrogens is 2. The number of ether oxygens (including phenoxy) is 2. The van der Waals surface area contributed by atoms with Crippen LogP contribution in [-0.2, 0) is 14.3 Å². The molecule has 0 spiro atoms. The molecular formula is C25H38ClFN6O5. The Hall–Kier alpha value is -2.44. The zero-order chi connectivity index (χ0) is 27.3. The number of aliphatic hydroxyl groups is 1. The van der Waals surface area contributed by atoms with Gasteiger partial charge in [-0.25, -0.2) is 4.79 Å². The van der Waals surface area contributed by atoms with E-state index in [0.29, 0.717) is 31.9 Å². The zero-order valence-electron chi connectivity index (χ0n) is 22.0. The summed E-state index contributed by atoms with van der Waals surface area (Å²) >= 11 is 6.06. The predicted octanol–water partition coefficient (Wildman–Crippen LogP) is 3.37. The van der Waals surface area contributed by atoms with E-state index < -0.39 is 41.5 Å². The molecule has 4 N–H and O–H groups in total. The average Bonchev–Trinajstić information content (AvgIpc) is 3.49. The number of nitrogens with zero attached hydrogens (tertiary/aromatic N) is 3. The van der Waals surface area contributed by atoms with Crippen molar-refractivity contribution in [2.45, 2.75) is 77.6 Å². The Morgan fingerprint density at radius 1 is 1.24 bits per heavy atom. The third-order valence-electron chi connectivity index (χ3n) is 7.64. The number of amides is 2. The van der Waals surface area contributed by atoms with Crippen molar-refractivity contribution in [1.82, 2.24) is 20.7 Å². The van der Waals surface area contributed by atoms with Gasteiger partial charge in [0.15, 0.2) is 11.6 Å². The Morgan fingerprint density at radius 3 is 2.63 bits per heavy atom. The van der Waals surface area contributed by atoms with Crippen LogP contribution in [0.3, 0.4) is 0 Å². The van der Waals surface area contributed by atoms with E-state index in [4.69, 9.17) is 21.1 Å². The number of alkyl carbamates (subject to hydrolysis) is 1. The van der Waals surface area contributed by atoms with Crippen molar-refractivity contribution in [3.63, 3.8) is 0 Å². The molecule has 3 fully saturated rings. The highest BCUT2D eigenvalue weighted by molar-refractivity contribution is 6.28. The number of anilines is 2. The fraction of sp³-hybridized carbons (Fsp3) is 0.760. The summed E-state index contributed by atoms with van der Waals surface area (Å²) in [6.45, 7) is 4.95. The van der Waals surface area contributed by atoms with E-state index in [1.54, 1.807) is 4.90 Å². The topological polar surface area (TPSA) is 138 Å². The molecule has 2 aliphatic heterocycles. The second-order valence-electron chi connectivity index (χ2n) is 11.1. The number of hydrogen-bond donors (Lipinski definition) is 4. The lowest BCUT2D eigenvalue weighted by atomic mass is 9.90. The first-order valence-electron chi connectivity index (χ1n) is 13.4. The van der Waals surface area contributed by atoms with Crippen LogP contribution >= 0.6 is 11.6 Å². The number of carbonyl (C=O) groups is 2. The second-order valence-corrected chi connectivity index (χ2v) is 11.5. The lowest BCUT2D eigenvalue weighted by Crippen LogP contribution is -2.43. The van der Waals surface area contributed by atoms with Crippen LogP contribution in [0.5, 0.6) is 0 Å². The number of carbonyl (C=O) groups excluding carboxylic acids is 2. The quantitative estimate of drug-likeness (QED) is 0.266. The van der Waals surface area contributed by atoms with Gasteiger partial charge in [-0.15, -0.1) is 0 Å². The maximum absolute atomic E-state index is 15.3. The highest BCUT2D eigenvalue weighted by atomic mass is 35.5. The summed E-state index contributed by atoms with van der Waals surface area (Å²) in [5.74, 6) is -1.75. The molecule has 1 aromatic heterocycles. The summed E-state index contributed by atoms with van der Waals surface area (Å²) in [4.78, 5) is 35.0. The van der Waals surface area contributed by atoms with E-state index in [9.17, 15) is 14.7 Å². The van der Waals surface area contributed by atoms with E-state index in [1.165, 1.54) is 0 Å². The molecule has 1 saturated carbocycles. The Labute approximate surface area is 227 Å². The SMILES string of the molecule is CC1(C)CN(c2nc(Cl)nc(NNC(=O)[C@@H](CNC(=O)OC3CCCCO3)CC3CCCC3)c2F)C[C@H]1O. The minimum atomic E-state index is -0.791. The molecule has 11 nitrogen and oxygen atoms in total. The monoisotopic (exact) mass is 556 g/mol. The third-order valence-corrected chi connectivity index (χ3v) is 7.81. The average molecular weight is 557 g/mol. The summed E-state index contributed by atoms with van der Waals surface area (Å²) in [7, 11) is 0. The van der Waals surface area contributed by atoms with Crippen LogP contribution in [0.25, 0.3) is 0 Å². The van der Waals surface area contributed by atoms with Crippen molar-refractivity contribution >= 4 is 35.2 Å². The first-order chi connectivity index (χ1) is 18.1. The molecule has 0 bridgehead atoms. The van der Waals surface area contributed by atoms with Gasteiger partial charge in [0, 0.05) is 31.5 Å². The van der Waals surface area contributed by atoms with Crippen LogP contribution in [0, 0.1) is 23.1 Å². The Bertz CT molecular complexity index is 989. The normalized spacial score (nSPS) is 24.2. The lowest BCUT2D eigenvalue weighted by Gasteiger charge is -2.24. The largest absolute Gasteiger partial charge is 0.420 e. The Balaban J connectivity index is 1.38. The van der Waals surface area contributed by atoms with Crippen molar-refractivity contribution in [3.8, 4) is 0 Å². The highest BCUT2D eigenvalue weighted by Gasteiger charge is 2.40. The number of hydrogen-bond acceptors (Lipinski definition) is 9. The maximum atomic E-state index is 15.3. The molecule has 212 valence electrons. The molecule has 3 atom stereocenters. The van der Waals surface area contributed by atoms with Gasteiger partial charge in [0.2, 0.25) is 23.3 Å². The van der Waals surface area contributed by atoms with Gasteiger partial charge in [-0.2, -0.15) is 14.4 Å². The van der Waals surface area contributed by atoms with Gasteiger partial charge >= 0.3 is 6.09 Å². The number of nitrogens with one attached hydrogen (secondary N) is 3. The van der Waals surface area contributed by atoms with Gasteiger partial charge in [0.25, 0.3) is 0 Å². The van der Waals surface area contributed by atoms with Gasteiger partial charge in [-0.05, 0) is 36.8 Å². The molecule has 3 aliphatic rings. The van der Waals surface area contributed by atoms with Crippen LogP contribution < -0.4 is 21.1 Å². The summed E-state index contributed by atoms with van der Waals surface area (Å²) in [5, 5.41) is 12.8. The fourth-order valence-corrected chi connectivity index (χ4v) is 5.47. The van der Waals surface area contributed by atoms with E-state index in [0.717, 1.165) is 38.5 Å². The molecule has 38 heavy (non-hydrogen) atoms. The standard InChI is InChI=1S/C25H38ClFN6O5/c1-25(2)14-33(13-17(25)34)21-19(27)20(29-23(26)30-21)31-32-22(35)16(11-15-7-3-4-8-15)12-28-24(36)38-18-9-5-6-10-37-18/h15-18,34H,3-14H2,1-2H3,(H,28,36)(H,32,35)(H,29,30,31)/t16-,17-,18?/m1/s1. The lowest BCUT2D eigenvalue weighted by molar-refractivity contribution is -0.127. The van der Waals surface area contributed by atoms with Crippen LogP contribution in [0.1, 0.15) is 65.2 Å². The molecule has 4 rings (SSSR count). The van der Waals surface area contributed by atoms with Crippen LogP contribution in [-0.4, -0.2) is 65.7 Å². The fourth-order valence-electron chi connectivity index (χ4n) is 5.31. The van der Waals surface area contributed by atoms with E-state index in [1.807, 2.05) is 13.8 Å². The minimum Gasteiger partial charge on any atom is -0.420 e. The van der Waals surface area contributed by atoms with Crippen LogP contribution in [0.4, 0.5) is 20.8 Å². The maximum Gasteiger partial charge on any atom is 0.409 e. The van der Waals surface area contributed by atoms with E-state index in [2.05, 4.69) is 26.1 Å². The van der Waals surface area contributed by atoms with Crippen molar-refractivity contribution < 1.29 is 28.6 Å². The molecule has 1 unspecified atom stereocenters. The van der Waals surface area contributed by atoms with Crippen molar-refractivity contribution in [3.05, 3.63) is 11.1 Å². The number of halogens is 2. The van der Waals surface area contributed by atoms with Crippen molar-refractivity contribution in [2.75, 3.05) is 36.6 Å². The summed E-state index contributed by atoms with van der Waals surface area (Å²) in [5.41, 5.74) is 4.62. The van der Waals surface area contributed by atoms with Gasteiger partial charge < -0.3 is 24.8 Å². The number of hydrazine groups is 1. The highest BCUT2D eigenvalue weighted by Crippen LogP contribution is 2.35. The number of aliphatic hydroxyl groups excluding tert-OH is 1. The molecule has 1 aliphatic carbocycles. The summed E-state index contributed by atoms with van der Waals surface area (Å²) < 4.78 is 26.1. The first kappa shape index (κ1) is 28.6. The third kappa shape index (κ3) is 7.35. The van der Waals surface area contributed by atoms with Crippen LogP contribution in [0.2, 0.25) is 5.28 Å². The van der Waals surface area contributed by atoms with Gasteiger partial charge in [-0.1, -0.05) is 39.5 Å². The molecule has 3 heterocycles. The minimum absolute atomic E-state index is 0.0526. The zero-order valence-corrected chi connectivity index (χ0v) is 22.7. The molecule has 0 radical (unpaired) electrons. The number of rotatable bonds is 9. The van der Waals surface area contributed by atoms with Crippen molar-refractivity contribution in [1.29, 1.82) is 0 Å². The van der Waals surface area contributed by atoms with Gasteiger partial charge in [-0.3, -0.25) is 15.6 Å². The summed E-state index contributed by atoms with van der Waals surface area (Å²) in [6.07, 6.45) is 5.49. The second kappa shape index (κ2) is 12.6. The molecule has 1 aromatic rings. The molecule has 0 aromatic carbocycles. The Kier molecular flexibility index (Phi) is 9.48. The molecule has 13 heteroatoms. The first-order valence-corrected chi connectivity index (χ1v) is 13.8. The van der Waals surface area contributed by atoms with E-state index >= 15 is 4.39 Å². The van der Waals surface area contributed by atoms with Gasteiger partial charge in [0.1, 0.15) is 0 Å².